The number of rotatable bonds is 7. The Morgan fingerprint density at radius 3 is 2.56 bits per heavy atom. The lowest BCUT2D eigenvalue weighted by Gasteiger charge is -2.21. The number of likely N-dealkylation sites (tertiary alicyclic amines) is 1. The summed E-state index contributed by atoms with van der Waals surface area (Å²) in [4.78, 5) is 7.06. The van der Waals surface area contributed by atoms with Crippen LogP contribution in [-0.4, -0.2) is 39.8 Å². The molecule has 168 valence electrons. The van der Waals surface area contributed by atoms with Crippen molar-refractivity contribution in [1.82, 2.24) is 14.5 Å². The zero-order valence-electron chi connectivity index (χ0n) is 18.0. The van der Waals surface area contributed by atoms with Gasteiger partial charge in [0.15, 0.2) is 5.16 Å². The molecule has 0 spiro atoms. The van der Waals surface area contributed by atoms with Crippen LogP contribution in [0.15, 0.2) is 66.0 Å². The molecule has 0 bridgehead atoms. The fourth-order valence-corrected chi connectivity index (χ4v) is 5.93. The van der Waals surface area contributed by atoms with Crippen molar-refractivity contribution in [3.8, 4) is 11.3 Å². The summed E-state index contributed by atoms with van der Waals surface area (Å²) in [6.45, 7) is 3.02. The number of aromatic nitrogens is 2. The van der Waals surface area contributed by atoms with Crippen LogP contribution in [0.1, 0.15) is 24.0 Å². The number of fused-ring (bicyclic) bond motifs is 1. The Morgan fingerprint density at radius 1 is 1.09 bits per heavy atom. The molecule has 1 saturated heterocycles. The lowest BCUT2D eigenvalue weighted by atomic mass is 9.94. The maximum absolute atomic E-state index is 12.9. The summed E-state index contributed by atoms with van der Waals surface area (Å²) in [6.07, 6.45) is -0.180. The van der Waals surface area contributed by atoms with Crippen LogP contribution < -0.4 is 0 Å². The zero-order valence-corrected chi connectivity index (χ0v) is 18.8. The number of nitrogens with zero attached hydrogens (tertiary/aromatic N) is 3. The molecule has 0 N–H and O–H groups in total. The highest BCUT2D eigenvalue weighted by molar-refractivity contribution is 7.99. The smallest absolute Gasteiger partial charge is 0.322 e. The van der Waals surface area contributed by atoms with Gasteiger partial charge in [-0.1, -0.05) is 54.2 Å². The van der Waals surface area contributed by atoms with Crippen molar-refractivity contribution in [3.05, 3.63) is 71.9 Å². The first-order chi connectivity index (χ1) is 15.4. The first-order valence-electron chi connectivity index (χ1n) is 11.0. The van der Waals surface area contributed by atoms with Crippen molar-refractivity contribution in [2.24, 2.45) is 13.0 Å². The summed E-state index contributed by atoms with van der Waals surface area (Å²) >= 11 is 1.78. The maximum Gasteiger partial charge on any atom is 0.416 e. The molecule has 32 heavy (non-hydrogen) atoms. The predicted octanol–water partition coefficient (Wildman–Crippen LogP) is 5.86. The van der Waals surface area contributed by atoms with Crippen LogP contribution in [0.4, 0.5) is 13.2 Å². The van der Waals surface area contributed by atoms with Crippen molar-refractivity contribution in [1.29, 1.82) is 0 Å². The highest BCUT2D eigenvalue weighted by atomic mass is 32.2. The van der Waals surface area contributed by atoms with E-state index in [1.165, 1.54) is 17.7 Å². The number of imidazole rings is 1. The van der Waals surface area contributed by atoms with E-state index < -0.39 is 11.7 Å². The quantitative estimate of drug-likeness (QED) is 0.327. The topological polar surface area (TPSA) is 21.1 Å². The van der Waals surface area contributed by atoms with Gasteiger partial charge in [0.05, 0.1) is 17.5 Å². The first kappa shape index (κ1) is 21.6. The molecule has 1 aliphatic heterocycles. The van der Waals surface area contributed by atoms with Crippen molar-refractivity contribution in [3.63, 3.8) is 0 Å². The second-order valence-electron chi connectivity index (χ2n) is 8.92. The number of halogens is 3. The molecule has 7 heteroatoms. The Balaban J connectivity index is 1.12. The van der Waals surface area contributed by atoms with Gasteiger partial charge in [-0.05, 0) is 48.6 Å². The predicted molar refractivity (Wildman–Crippen MR) is 122 cm³/mol. The van der Waals surface area contributed by atoms with Gasteiger partial charge < -0.3 is 9.47 Å². The van der Waals surface area contributed by atoms with Crippen LogP contribution in [0.3, 0.4) is 0 Å². The van der Waals surface area contributed by atoms with Gasteiger partial charge in [-0.3, -0.25) is 0 Å². The number of hydrogen-bond acceptors (Lipinski definition) is 3. The molecule has 2 aromatic carbocycles. The van der Waals surface area contributed by atoms with Crippen LogP contribution in [0.25, 0.3) is 11.3 Å². The Labute approximate surface area is 190 Å². The molecule has 5 rings (SSSR count). The molecule has 2 atom stereocenters. The molecule has 3 aromatic rings. The summed E-state index contributed by atoms with van der Waals surface area (Å²) in [5.41, 5.74) is 2.85. The second kappa shape index (κ2) is 8.27. The Bertz CT molecular complexity index is 1080. The minimum absolute atomic E-state index is 0.0710. The van der Waals surface area contributed by atoms with Crippen LogP contribution in [0, 0.1) is 5.92 Å². The number of hydrogen-bond donors (Lipinski definition) is 0. The van der Waals surface area contributed by atoms with E-state index in [2.05, 4.69) is 33.6 Å². The van der Waals surface area contributed by atoms with Gasteiger partial charge in [-0.2, -0.15) is 13.2 Å². The zero-order chi connectivity index (χ0) is 22.3. The molecular weight excluding hydrogens is 431 g/mol. The third-order valence-electron chi connectivity index (χ3n) is 6.87. The van der Waals surface area contributed by atoms with Crippen LogP contribution >= 0.6 is 11.8 Å². The minimum Gasteiger partial charge on any atom is -0.322 e. The lowest BCUT2D eigenvalue weighted by molar-refractivity contribution is -0.137. The van der Waals surface area contributed by atoms with E-state index in [0.717, 1.165) is 54.6 Å². The standard InChI is InChI=1S/C25H26F3N3S/c1-30-22(18-6-3-2-4-7-18)15-29-23(30)32-13-5-12-31-16-21-14-24(21,17-31)19-8-10-20(11-9-19)25(26,27)28/h2-4,6-11,15,21H,5,12-14,16-17H2,1H3/t21?,24-/m1/s1. The first-order valence-corrected chi connectivity index (χ1v) is 12.0. The normalized spacial score (nSPS) is 22.8. The van der Waals surface area contributed by atoms with Gasteiger partial charge >= 0.3 is 6.18 Å². The van der Waals surface area contributed by atoms with Crippen LogP contribution in [0.5, 0.6) is 0 Å². The summed E-state index contributed by atoms with van der Waals surface area (Å²) in [6, 6.07) is 16.1. The van der Waals surface area contributed by atoms with Gasteiger partial charge in [0.2, 0.25) is 0 Å². The highest BCUT2D eigenvalue weighted by Gasteiger charge is 2.60. The van der Waals surface area contributed by atoms with E-state index in [1.807, 2.05) is 24.4 Å². The largest absolute Gasteiger partial charge is 0.416 e. The number of piperidine rings is 1. The number of alkyl halides is 3. The summed E-state index contributed by atoms with van der Waals surface area (Å²) < 4.78 is 40.7. The maximum atomic E-state index is 12.9. The third kappa shape index (κ3) is 4.08. The molecule has 1 unspecified atom stereocenters. The average molecular weight is 458 g/mol. The summed E-state index contributed by atoms with van der Waals surface area (Å²) in [5, 5.41) is 1.02. The van der Waals surface area contributed by atoms with Crippen molar-refractivity contribution >= 4 is 11.8 Å². The summed E-state index contributed by atoms with van der Waals surface area (Å²) in [5.74, 6) is 1.57. The van der Waals surface area contributed by atoms with Crippen molar-refractivity contribution in [2.45, 2.75) is 29.6 Å². The van der Waals surface area contributed by atoms with E-state index in [1.54, 1.807) is 23.9 Å². The Kier molecular flexibility index (Phi) is 5.58. The Hall–Kier alpha value is -2.25. The molecule has 2 fully saturated rings. The average Bonchev–Trinajstić information content (AvgIpc) is 3.16. The molecule has 2 heterocycles. The number of benzene rings is 2. The van der Waals surface area contributed by atoms with Gasteiger partial charge in [-0.25, -0.2) is 4.98 Å². The molecule has 1 aromatic heterocycles. The second-order valence-corrected chi connectivity index (χ2v) is 9.98. The van der Waals surface area contributed by atoms with E-state index in [9.17, 15) is 13.2 Å². The molecule has 0 radical (unpaired) electrons. The fraction of sp³-hybridized carbons (Fsp3) is 0.400. The minimum atomic E-state index is -4.27. The molecule has 0 amide bonds. The van der Waals surface area contributed by atoms with E-state index >= 15 is 0 Å². The van der Waals surface area contributed by atoms with Crippen LogP contribution in [0.2, 0.25) is 0 Å². The van der Waals surface area contributed by atoms with Gasteiger partial charge in [0.25, 0.3) is 0 Å². The molecule has 1 saturated carbocycles. The monoisotopic (exact) mass is 457 g/mol. The van der Waals surface area contributed by atoms with Gasteiger partial charge in [0, 0.05) is 31.3 Å². The van der Waals surface area contributed by atoms with E-state index in [-0.39, 0.29) is 5.41 Å². The molecular formula is C25H26F3N3S. The van der Waals surface area contributed by atoms with Gasteiger partial charge in [0.1, 0.15) is 0 Å². The summed E-state index contributed by atoms with van der Waals surface area (Å²) in [7, 11) is 2.06. The molecule has 1 aliphatic carbocycles. The number of thioether (sulfide) groups is 1. The highest BCUT2D eigenvalue weighted by Crippen LogP contribution is 2.59. The fourth-order valence-electron chi connectivity index (χ4n) is 5.05. The van der Waals surface area contributed by atoms with Crippen LogP contribution in [-0.2, 0) is 18.6 Å². The lowest BCUT2D eigenvalue weighted by Crippen LogP contribution is -2.28. The molecule has 3 nitrogen and oxygen atoms in total. The van der Waals surface area contributed by atoms with Gasteiger partial charge in [-0.15, -0.1) is 0 Å². The molecule has 2 aliphatic rings. The Morgan fingerprint density at radius 2 is 1.84 bits per heavy atom. The van der Waals surface area contributed by atoms with Crippen molar-refractivity contribution < 1.29 is 13.2 Å². The third-order valence-corrected chi connectivity index (χ3v) is 8.00. The van der Waals surface area contributed by atoms with E-state index in [4.69, 9.17) is 0 Å². The van der Waals surface area contributed by atoms with E-state index in [0.29, 0.717) is 5.92 Å². The SMILES string of the molecule is Cn1c(-c2ccccc2)cnc1SCCCN1CC2C[C@]2(c2ccc(C(F)(F)F)cc2)C1. The van der Waals surface area contributed by atoms with Crippen molar-refractivity contribution in [2.75, 3.05) is 25.4 Å².